The molecule has 0 saturated heterocycles. The smallest absolute Gasteiger partial charge is 0.118 e. The molecule has 0 saturated carbocycles. The van der Waals surface area contributed by atoms with Gasteiger partial charge in [-0.2, -0.15) is 0 Å². The molecule has 0 fully saturated rings. The number of rotatable bonds is 14. The molecule has 0 aliphatic carbocycles. The number of methoxy groups -OCH3 is 1. The number of unbranched alkanes of at least 4 members (excludes halogenated alkanes) is 1. The van der Waals surface area contributed by atoms with Crippen molar-refractivity contribution in [3.05, 3.63) is 29.8 Å². The fraction of sp³-hybridized carbons (Fsp3) is 0.727. The van der Waals surface area contributed by atoms with Gasteiger partial charge in [-0.3, -0.25) is 0 Å². The minimum absolute atomic E-state index is 0.0946. The van der Waals surface area contributed by atoms with Crippen LogP contribution in [0.3, 0.4) is 0 Å². The van der Waals surface area contributed by atoms with E-state index in [1.165, 1.54) is 24.8 Å². The monoisotopic (exact) mass is 365 g/mol. The summed E-state index contributed by atoms with van der Waals surface area (Å²) in [4.78, 5) is 0. The zero-order chi connectivity index (χ0) is 19.4. The number of β-amino-alcohol motifs (C(OH)–C–C–N with tert-alkyl or cyclic N) is 1. The molecule has 2 N–H and O–H groups in total. The van der Waals surface area contributed by atoms with E-state index >= 15 is 0 Å². The van der Waals surface area contributed by atoms with Crippen LogP contribution >= 0.6 is 0 Å². The minimum atomic E-state index is -0.478. The second-order valence-corrected chi connectivity index (χ2v) is 7.90. The van der Waals surface area contributed by atoms with Crippen molar-refractivity contribution in [3.63, 3.8) is 0 Å². The largest absolute Gasteiger partial charge is 0.497 e. The van der Waals surface area contributed by atoms with E-state index in [2.05, 4.69) is 45.1 Å². The maximum Gasteiger partial charge on any atom is 0.118 e. The van der Waals surface area contributed by atoms with Crippen molar-refractivity contribution >= 4 is 0 Å². The molecule has 0 aliphatic rings. The third kappa shape index (κ3) is 9.56. The quantitative estimate of drug-likeness (QED) is 0.519. The number of hydrogen-bond acceptors (Lipinski definition) is 4. The highest BCUT2D eigenvalue weighted by molar-refractivity contribution is 5.28. The predicted molar refractivity (Wildman–Crippen MR) is 109 cm³/mol. The van der Waals surface area contributed by atoms with Crippen molar-refractivity contribution in [2.45, 2.75) is 71.4 Å². The third-order valence-corrected chi connectivity index (χ3v) is 4.83. The number of ether oxygens (including phenoxy) is 2. The first-order valence-corrected chi connectivity index (χ1v) is 10.0. The Morgan fingerprint density at radius 2 is 1.81 bits per heavy atom. The Balaban J connectivity index is 2.29. The Morgan fingerprint density at radius 3 is 2.38 bits per heavy atom. The molecule has 1 aromatic rings. The Labute approximate surface area is 160 Å². The first-order valence-electron chi connectivity index (χ1n) is 10.0. The summed E-state index contributed by atoms with van der Waals surface area (Å²) in [6, 6.07) is 8.14. The molecule has 0 spiro atoms. The highest BCUT2D eigenvalue weighted by atomic mass is 16.5. The summed E-state index contributed by atoms with van der Waals surface area (Å²) in [6.07, 6.45) is 5.26. The Bertz CT molecular complexity index is 473. The van der Waals surface area contributed by atoms with Crippen LogP contribution in [0.1, 0.15) is 58.9 Å². The van der Waals surface area contributed by atoms with Gasteiger partial charge in [0.05, 0.1) is 19.8 Å². The van der Waals surface area contributed by atoms with E-state index in [1.54, 1.807) is 7.11 Å². The number of aliphatic hydroxyl groups excluding tert-OH is 1. The van der Waals surface area contributed by atoms with Gasteiger partial charge in [0.2, 0.25) is 0 Å². The summed E-state index contributed by atoms with van der Waals surface area (Å²) in [5, 5.41) is 13.7. The summed E-state index contributed by atoms with van der Waals surface area (Å²) in [5.74, 6) is 1.48. The standard InChI is InChI=1S/C22H39NO3/c1-6-8-9-18(7-2)16-26-17-20(24)15-23-22(3,4)14-19-10-12-21(25-5)13-11-19/h10-13,18,20,23-24H,6-9,14-17H2,1-5H3/t18?,20-/m0/s1. The second-order valence-electron chi connectivity index (χ2n) is 7.90. The summed E-state index contributed by atoms with van der Waals surface area (Å²) in [5.41, 5.74) is 1.15. The van der Waals surface area contributed by atoms with E-state index < -0.39 is 6.10 Å². The van der Waals surface area contributed by atoms with E-state index in [4.69, 9.17) is 9.47 Å². The van der Waals surface area contributed by atoms with Gasteiger partial charge in [-0.05, 0) is 50.3 Å². The molecule has 1 unspecified atom stereocenters. The molecular weight excluding hydrogens is 326 g/mol. The van der Waals surface area contributed by atoms with Crippen molar-refractivity contribution < 1.29 is 14.6 Å². The molecule has 0 heterocycles. The van der Waals surface area contributed by atoms with Gasteiger partial charge in [-0.1, -0.05) is 45.2 Å². The molecule has 2 atom stereocenters. The summed E-state index contributed by atoms with van der Waals surface area (Å²) >= 11 is 0. The molecule has 4 heteroatoms. The fourth-order valence-electron chi connectivity index (χ4n) is 3.04. The van der Waals surface area contributed by atoms with Gasteiger partial charge in [0.25, 0.3) is 0 Å². The van der Waals surface area contributed by atoms with Crippen LogP contribution in [-0.2, 0) is 11.2 Å². The Kier molecular flexibility index (Phi) is 10.9. The lowest BCUT2D eigenvalue weighted by atomic mass is 9.94. The topological polar surface area (TPSA) is 50.7 Å². The van der Waals surface area contributed by atoms with Crippen LogP contribution in [0.15, 0.2) is 24.3 Å². The van der Waals surface area contributed by atoms with Crippen LogP contribution in [0.2, 0.25) is 0 Å². The highest BCUT2D eigenvalue weighted by Crippen LogP contribution is 2.17. The summed E-state index contributed by atoms with van der Waals surface area (Å²) < 4.78 is 11.0. The van der Waals surface area contributed by atoms with E-state index in [-0.39, 0.29) is 5.54 Å². The normalized spacial score (nSPS) is 14.2. The van der Waals surface area contributed by atoms with Crippen LogP contribution in [-0.4, -0.2) is 43.6 Å². The number of nitrogens with one attached hydrogen (secondary N) is 1. The molecule has 0 aliphatic heterocycles. The maximum absolute atomic E-state index is 10.2. The van der Waals surface area contributed by atoms with Crippen molar-refractivity contribution in [1.29, 1.82) is 0 Å². The van der Waals surface area contributed by atoms with Crippen molar-refractivity contribution in [2.24, 2.45) is 5.92 Å². The van der Waals surface area contributed by atoms with Gasteiger partial charge in [0.15, 0.2) is 0 Å². The lowest BCUT2D eigenvalue weighted by Crippen LogP contribution is -2.46. The van der Waals surface area contributed by atoms with Gasteiger partial charge >= 0.3 is 0 Å². The van der Waals surface area contributed by atoms with Gasteiger partial charge in [-0.15, -0.1) is 0 Å². The number of hydrogen-bond donors (Lipinski definition) is 2. The number of benzene rings is 1. The molecule has 0 aromatic heterocycles. The average Bonchev–Trinajstić information content (AvgIpc) is 2.63. The van der Waals surface area contributed by atoms with Crippen LogP contribution in [0.5, 0.6) is 5.75 Å². The average molecular weight is 366 g/mol. The minimum Gasteiger partial charge on any atom is -0.497 e. The van der Waals surface area contributed by atoms with Gasteiger partial charge in [-0.25, -0.2) is 0 Å². The summed E-state index contributed by atoms with van der Waals surface area (Å²) in [7, 11) is 1.68. The molecule has 1 rings (SSSR count). The van der Waals surface area contributed by atoms with Crippen molar-refractivity contribution in [1.82, 2.24) is 5.32 Å². The molecule has 0 radical (unpaired) electrons. The number of aliphatic hydroxyl groups is 1. The van der Waals surface area contributed by atoms with E-state index in [1.807, 2.05) is 12.1 Å². The van der Waals surface area contributed by atoms with Crippen LogP contribution < -0.4 is 10.1 Å². The maximum atomic E-state index is 10.2. The third-order valence-electron chi connectivity index (χ3n) is 4.83. The van der Waals surface area contributed by atoms with E-state index in [0.717, 1.165) is 25.2 Å². The fourth-order valence-corrected chi connectivity index (χ4v) is 3.04. The molecule has 1 aromatic carbocycles. The molecular formula is C22H39NO3. The zero-order valence-electron chi connectivity index (χ0n) is 17.4. The van der Waals surface area contributed by atoms with Gasteiger partial charge in [0, 0.05) is 18.7 Å². The van der Waals surface area contributed by atoms with Crippen molar-refractivity contribution in [3.8, 4) is 5.75 Å². The molecule has 26 heavy (non-hydrogen) atoms. The Morgan fingerprint density at radius 1 is 1.12 bits per heavy atom. The lowest BCUT2D eigenvalue weighted by Gasteiger charge is -2.28. The highest BCUT2D eigenvalue weighted by Gasteiger charge is 2.19. The predicted octanol–water partition coefficient (Wildman–Crippen LogP) is 4.20. The van der Waals surface area contributed by atoms with Crippen LogP contribution in [0.4, 0.5) is 0 Å². The molecule has 4 nitrogen and oxygen atoms in total. The Hall–Kier alpha value is -1.10. The molecule has 0 bridgehead atoms. The van der Waals surface area contributed by atoms with Gasteiger partial charge in [0.1, 0.15) is 5.75 Å². The van der Waals surface area contributed by atoms with E-state index in [9.17, 15) is 5.11 Å². The zero-order valence-corrected chi connectivity index (χ0v) is 17.4. The molecule has 150 valence electrons. The first kappa shape index (κ1) is 22.9. The van der Waals surface area contributed by atoms with E-state index in [0.29, 0.717) is 19.1 Å². The van der Waals surface area contributed by atoms with Crippen LogP contribution in [0.25, 0.3) is 0 Å². The summed E-state index contributed by atoms with van der Waals surface area (Å²) in [6.45, 7) is 10.4. The SMILES string of the molecule is CCCCC(CC)COC[C@@H](O)CNC(C)(C)Cc1ccc(OC)cc1. The second kappa shape index (κ2) is 12.3. The molecule has 0 amide bonds. The lowest BCUT2D eigenvalue weighted by molar-refractivity contribution is 0.0167. The van der Waals surface area contributed by atoms with Crippen molar-refractivity contribution in [2.75, 3.05) is 26.9 Å². The first-order chi connectivity index (χ1) is 12.4. The van der Waals surface area contributed by atoms with Crippen LogP contribution in [0, 0.1) is 5.92 Å². The van der Waals surface area contributed by atoms with Gasteiger partial charge < -0.3 is 19.9 Å².